The van der Waals surface area contributed by atoms with Gasteiger partial charge in [0.25, 0.3) is 0 Å². The molecule has 6 heteroatoms. The number of furan rings is 1. The lowest BCUT2D eigenvalue weighted by Crippen LogP contribution is -2.23. The third-order valence-corrected chi connectivity index (χ3v) is 4.29. The smallest absolute Gasteiger partial charge is 0.240 e. The Hall–Kier alpha value is -1.63. The maximum Gasteiger partial charge on any atom is 0.240 e. The van der Waals surface area contributed by atoms with Crippen LogP contribution in [-0.2, 0) is 23.1 Å². The van der Waals surface area contributed by atoms with Crippen LogP contribution in [0.2, 0.25) is 0 Å². The van der Waals surface area contributed by atoms with Crippen molar-refractivity contribution in [1.82, 2.24) is 4.72 Å². The molecule has 3 N–H and O–H groups in total. The first-order chi connectivity index (χ1) is 9.03. The van der Waals surface area contributed by atoms with Gasteiger partial charge in [-0.15, -0.1) is 0 Å². The molecule has 2 rings (SSSR count). The van der Waals surface area contributed by atoms with E-state index in [2.05, 4.69) is 4.72 Å². The van der Waals surface area contributed by atoms with E-state index in [4.69, 9.17) is 10.2 Å². The van der Waals surface area contributed by atoms with Crippen LogP contribution in [0.25, 0.3) is 0 Å². The third-order valence-electron chi connectivity index (χ3n) is 2.89. The average Bonchev–Trinajstić information content (AvgIpc) is 2.89. The van der Waals surface area contributed by atoms with Crippen molar-refractivity contribution in [2.45, 2.75) is 24.9 Å². The lowest BCUT2D eigenvalue weighted by Gasteiger charge is -2.08. The summed E-state index contributed by atoms with van der Waals surface area (Å²) in [5, 5.41) is 0. The minimum atomic E-state index is -3.52. The maximum atomic E-state index is 12.1. The lowest BCUT2D eigenvalue weighted by atomic mass is 10.1. The van der Waals surface area contributed by atoms with E-state index < -0.39 is 10.0 Å². The van der Waals surface area contributed by atoms with Crippen LogP contribution in [0, 0.1) is 6.92 Å². The molecule has 19 heavy (non-hydrogen) atoms. The van der Waals surface area contributed by atoms with Gasteiger partial charge in [0.2, 0.25) is 10.0 Å². The van der Waals surface area contributed by atoms with Gasteiger partial charge in [0, 0.05) is 18.7 Å². The molecule has 5 nitrogen and oxygen atoms in total. The Balaban J connectivity index is 2.17. The second-order valence-electron chi connectivity index (χ2n) is 4.25. The highest BCUT2D eigenvalue weighted by molar-refractivity contribution is 7.89. The summed E-state index contributed by atoms with van der Waals surface area (Å²) in [4.78, 5) is 0.241. The zero-order chi connectivity index (χ0) is 13.9. The molecular formula is C13H16N2O3S. The van der Waals surface area contributed by atoms with Crippen LogP contribution in [0.1, 0.15) is 16.7 Å². The highest BCUT2D eigenvalue weighted by Crippen LogP contribution is 2.15. The average molecular weight is 280 g/mol. The molecule has 0 aliphatic carbocycles. The van der Waals surface area contributed by atoms with E-state index in [0.717, 1.165) is 16.7 Å². The van der Waals surface area contributed by atoms with Crippen LogP contribution >= 0.6 is 0 Å². The molecule has 0 saturated heterocycles. The van der Waals surface area contributed by atoms with Gasteiger partial charge in [-0.05, 0) is 36.2 Å². The van der Waals surface area contributed by atoms with Crippen molar-refractivity contribution in [1.29, 1.82) is 0 Å². The fourth-order valence-electron chi connectivity index (χ4n) is 1.72. The van der Waals surface area contributed by atoms with E-state index in [0.29, 0.717) is 6.54 Å². The van der Waals surface area contributed by atoms with Crippen molar-refractivity contribution in [2.24, 2.45) is 5.73 Å². The Morgan fingerprint density at radius 1 is 1.32 bits per heavy atom. The second-order valence-corrected chi connectivity index (χ2v) is 6.02. The number of sulfonamides is 1. The van der Waals surface area contributed by atoms with Gasteiger partial charge >= 0.3 is 0 Å². The van der Waals surface area contributed by atoms with Crippen molar-refractivity contribution in [3.63, 3.8) is 0 Å². The minimum absolute atomic E-state index is 0.205. The molecule has 102 valence electrons. The van der Waals surface area contributed by atoms with Gasteiger partial charge in [0.15, 0.2) is 0 Å². The summed E-state index contributed by atoms with van der Waals surface area (Å²) < 4.78 is 31.6. The summed E-state index contributed by atoms with van der Waals surface area (Å²) in [5.74, 6) is 0. The van der Waals surface area contributed by atoms with Crippen LogP contribution in [-0.4, -0.2) is 8.42 Å². The standard InChI is InChI=1S/C13H16N2O3S/c1-10-6-13(3-2-12(10)7-14)19(16,17)15-8-11-4-5-18-9-11/h2-6,9,15H,7-8,14H2,1H3. The van der Waals surface area contributed by atoms with Gasteiger partial charge < -0.3 is 10.2 Å². The molecule has 1 heterocycles. The number of rotatable bonds is 5. The quantitative estimate of drug-likeness (QED) is 0.869. The van der Waals surface area contributed by atoms with Crippen molar-refractivity contribution in [2.75, 3.05) is 0 Å². The third kappa shape index (κ3) is 3.23. The van der Waals surface area contributed by atoms with Gasteiger partial charge in [-0.2, -0.15) is 0 Å². The normalized spacial score (nSPS) is 11.7. The van der Waals surface area contributed by atoms with Crippen LogP contribution in [0.15, 0.2) is 46.1 Å². The summed E-state index contributed by atoms with van der Waals surface area (Å²) >= 11 is 0. The first-order valence-electron chi connectivity index (χ1n) is 5.83. The van der Waals surface area contributed by atoms with E-state index in [1.165, 1.54) is 12.5 Å². The fourth-order valence-corrected chi connectivity index (χ4v) is 2.82. The summed E-state index contributed by atoms with van der Waals surface area (Å²) in [6.07, 6.45) is 3.01. The van der Waals surface area contributed by atoms with Crippen molar-refractivity contribution in [3.05, 3.63) is 53.5 Å². The Morgan fingerprint density at radius 3 is 2.68 bits per heavy atom. The van der Waals surface area contributed by atoms with E-state index >= 15 is 0 Å². The second kappa shape index (κ2) is 5.56. The maximum absolute atomic E-state index is 12.1. The molecule has 2 aromatic rings. The summed E-state index contributed by atoms with van der Waals surface area (Å²) in [7, 11) is -3.52. The summed E-state index contributed by atoms with van der Waals surface area (Å²) in [5.41, 5.74) is 8.14. The van der Waals surface area contributed by atoms with Crippen LogP contribution < -0.4 is 10.5 Å². The van der Waals surface area contributed by atoms with Crippen LogP contribution in [0.4, 0.5) is 0 Å². The monoisotopic (exact) mass is 280 g/mol. The first kappa shape index (κ1) is 13.8. The first-order valence-corrected chi connectivity index (χ1v) is 7.31. The van der Waals surface area contributed by atoms with E-state index in [1.807, 2.05) is 6.92 Å². The molecule has 0 aliphatic heterocycles. The Labute approximate surface area is 112 Å². The number of hydrogen-bond donors (Lipinski definition) is 2. The van der Waals surface area contributed by atoms with Gasteiger partial charge in [0.05, 0.1) is 17.4 Å². The number of nitrogens with two attached hydrogens (primary N) is 1. The van der Waals surface area contributed by atoms with Crippen molar-refractivity contribution >= 4 is 10.0 Å². The topological polar surface area (TPSA) is 85.3 Å². The number of benzene rings is 1. The predicted octanol–water partition coefficient (Wildman–Crippen LogP) is 1.53. The fraction of sp³-hybridized carbons (Fsp3) is 0.231. The van der Waals surface area contributed by atoms with Crippen molar-refractivity contribution in [3.8, 4) is 0 Å². The van der Waals surface area contributed by atoms with E-state index in [-0.39, 0.29) is 11.4 Å². The zero-order valence-electron chi connectivity index (χ0n) is 10.6. The number of aryl methyl sites for hydroxylation is 1. The molecule has 0 atom stereocenters. The van der Waals surface area contributed by atoms with E-state index in [9.17, 15) is 8.42 Å². The highest BCUT2D eigenvalue weighted by atomic mass is 32.2. The van der Waals surface area contributed by atoms with E-state index in [1.54, 1.807) is 24.3 Å². The van der Waals surface area contributed by atoms with Gasteiger partial charge in [0.1, 0.15) is 0 Å². The molecular weight excluding hydrogens is 264 g/mol. The van der Waals surface area contributed by atoms with Crippen molar-refractivity contribution < 1.29 is 12.8 Å². The molecule has 0 aliphatic rings. The summed E-state index contributed by atoms with van der Waals surface area (Å²) in [6.45, 7) is 2.45. The number of nitrogens with one attached hydrogen (secondary N) is 1. The molecule has 0 radical (unpaired) electrons. The minimum Gasteiger partial charge on any atom is -0.472 e. The predicted molar refractivity (Wildman–Crippen MR) is 71.8 cm³/mol. The molecule has 0 amide bonds. The van der Waals surface area contributed by atoms with Crippen LogP contribution in [0.5, 0.6) is 0 Å². The molecule has 0 bridgehead atoms. The molecule has 1 aromatic carbocycles. The SMILES string of the molecule is Cc1cc(S(=O)(=O)NCc2ccoc2)ccc1CN. The molecule has 0 fully saturated rings. The Bertz CT molecular complexity index is 649. The lowest BCUT2D eigenvalue weighted by molar-refractivity contribution is 0.561. The highest BCUT2D eigenvalue weighted by Gasteiger charge is 2.14. The molecule has 1 aromatic heterocycles. The molecule has 0 saturated carbocycles. The van der Waals surface area contributed by atoms with Gasteiger partial charge in [-0.1, -0.05) is 6.07 Å². The number of hydrogen-bond acceptors (Lipinski definition) is 4. The molecule has 0 unspecified atom stereocenters. The van der Waals surface area contributed by atoms with Gasteiger partial charge in [-0.3, -0.25) is 0 Å². The Morgan fingerprint density at radius 2 is 2.11 bits per heavy atom. The largest absolute Gasteiger partial charge is 0.472 e. The molecule has 0 spiro atoms. The van der Waals surface area contributed by atoms with Crippen LogP contribution in [0.3, 0.4) is 0 Å². The Kier molecular flexibility index (Phi) is 4.04. The summed E-state index contributed by atoms with van der Waals surface area (Å²) in [6, 6.07) is 6.64. The zero-order valence-corrected chi connectivity index (χ0v) is 11.4. The van der Waals surface area contributed by atoms with Gasteiger partial charge in [-0.25, -0.2) is 13.1 Å².